The zero-order chi connectivity index (χ0) is 23.5. The van der Waals surface area contributed by atoms with Gasteiger partial charge >= 0.3 is 0 Å². The molecule has 1 N–H and O–H groups in total. The summed E-state index contributed by atoms with van der Waals surface area (Å²) in [5.41, 5.74) is 6.19. The van der Waals surface area contributed by atoms with E-state index in [0.29, 0.717) is 23.6 Å². The molecule has 0 unspecified atom stereocenters. The van der Waals surface area contributed by atoms with E-state index in [-0.39, 0.29) is 18.0 Å². The van der Waals surface area contributed by atoms with Crippen LogP contribution in [0.25, 0.3) is 11.3 Å². The number of ether oxygens (including phenoxy) is 2. The average molecular weight is 448 g/mol. The van der Waals surface area contributed by atoms with Gasteiger partial charge in [0.25, 0.3) is 5.56 Å². The van der Waals surface area contributed by atoms with Gasteiger partial charge in [-0.25, -0.2) is 4.68 Å². The molecule has 1 amide bonds. The van der Waals surface area contributed by atoms with Crippen LogP contribution in [0.5, 0.6) is 11.5 Å². The van der Waals surface area contributed by atoms with E-state index in [1.165, 1.54) is 4.68 Å². The average Bonchev–Trinajstić information content (AvgIpc) is 2.82. The lowest BCUT2D eigenvalue weighted by Crippen LogP contribution is -2.34. The molecule has 172 valence electrons. The maximum atomic E-state index is 13.2. The number of rotatable bonds is 6. The van der Waals surface area contributed by atoms with Crippen LogP contribution in [-0.4, -0.2) is 29.9 Å². The van der Waals surface area contributed by atoms with Gasteiger partial charge in [-0.2, -0.15) is 5.10 Å². The lowest BCUT2D eigenvalue weighted by molar-refractivity contribution is -0.117. The fourth-order valence-electron chi connectivity index (χ4n) is 4.32. The van der Waals surface area contributed by atoms with Gasteiger partial charge < -0.3 is 14.8 Å². The quantitative estimate of drug-likeness (QED) is 0.616. The zero-order valence-corrected chi connectivity index (χ0v) is 19.5. The molecule has 7 nitrogen and oxygen atoms in total. The molecule has 0 bridgehead atoms. The molecule has 1 heterocycles. The summed E-state index contributed by atoms with van der Waals surface area (Å²) in [7, 11) is 3.09. The summed E-state index contributed by atoms with van der Waals surface area (Å²) >= 11 is 0. The van der Waals surface area contributed by atoms with E-state index in [1.54, 1.807) is 32.4 Å². The molecule has 1 aliphatic carbocycles. The molecule has 0 saturated carbocycles. The van der Waals surface area contributed by atoms with Crippen molar-refractivity contribution in [1.29, 1.82) is 0 Å². The summed E-state index contributed by atoms with van der Waals surface area (Å²) in [6, 6.07) is 11.4. The number of nitrogens with zero attached hydrogens (tertiary/aromatic N) is 2. The molecule has 0 radical (unpaired) electrons. The van der Waals surface area contributed by atoms with Crippen molar-refractivity contribution in [2.75, 3.05) is 19.5 Å². The summed E-state index contributed by atoms with van der Waals surface area (Å²) in [4.78, 5) is 26.1. The minimum atomic E-state index is -0.345. The Bertz CT molecular complexity index is 1240. The van der Waals surface area contributed by atoms with Gasteiger partial charge in [-0.1, -0.05) is 17.7 Å². The van der Waals surface area contributed by atoms with E-state index in [2.05, 4.69) is 23.5 Å². The lowest BCUT2D eigenvalue weighted by Gasteiger charge is -2.21. The van der Waals surface area contributed by atoms with Crippen molar-refractivity contribution < 1.29 is 14.3 Å². The lowest BCUT2D eigenvalue weighted by atomic mass is 9.88. The number of nitrogens with one attached hydrogen (secondary N) is 1. The molecular formula is C26H29N3O4. The largest absolute Gasteiger partial charge is 0.497 e. The van der Waals surface area contributed by atoms with Crippen LogP contribution in [-0.2, 0) is 24.2 Å². The van der Waals surface area contributed by atoms with Crippen molar-refractivity contribution >= 4 is 11.6 Å². The number of amides is 1. The maximum absolute atomic E-state index is 13.2. The number of anilines is 1. The summed E-state index contributed by atoms with van der Waals surface area (Å²) < 4.78 is 11.8. The number of aryl methyl sites for hydroxylation is 2. The third kappa shape index (κ3) is 4.77. The Labute approximate surface area is 193 Å². The van der Waals surface area contributed by atoms with E-state index in [0.717, 1.165) is 52.8 Å². The van der Waals surface area contributed by atoms with Crippen LogP contribution in [0.4, 0.5) is 5.69 Å². The van der Waals surface area contributed by atoms with Crippen molar-refractivity contribution in [1.82, 2.24) is 9.78 Å². The van der Waals surface area contributed by atoms with Crippen molar-refractivity contribution in [3.05, 3.63) is 69.0 Å². The third-order valence-corrected chi connectivity index (χ3v) is 6.04. The van der Waals surface area contributed by atoms with Crippen molar-refractivity contribution in [3.8, 4) is 22.8 Å². The normalized spacial score (nSPS) is 12.7. The van der Waals surface area contributed by atoms with Crippen LogP contribution in [0.15, 0.2) is 41.2 Å². The van der Waals surface area contributed by atoms with Gasteiger partial charge in [-0.05, 0) is 56.7 Å². The van der Waals surface area contributed by atoms with Gasteiger partial charge in [0, 0.05) is 35.0 Å². The molecular weight excluding hydrogens is 418 g/mol. The predicted octanol–water partition coefficient (Wildman–Crippen LogP) is 4.06. The Balaban J connectivity index is 1.70. The summed E-state index contributed by atoms with van der Waals surface area (Å²) in [6.07, 6.45) is 3.54. The first-order chi connectivity index (χ1) is 15.9. The number of carbonyl (C=O) groups excluding carboxylic acids is 1. The Morgan fingerprint density at radius 1 is 1.00 bits per heavy atom. The molecule has 0 saturated heterocycles. The second-order valence-corrected chi connectivity index (χ2v) is 8.44. The zero-order valence-electron chi connectivity index (χ0n) is 19.5. The number of hydrogen-bond donors (Lipinski definition) is 1. The van der Waals surface area contributed by atoms with Crippen molar-refractivity contribution in [3.63, 3.8) is 0 Å². The minimum absolute atomic E-state index is 0.177. The molecule has 33 heavy (non-hydrogen) atoms. The first-order valence-electron chi connectivity index (χ1n) is 11.1. The highest BCUT2D eigenvalue weighted by atomic mass is 16.5. The van der Waals surface area contributed by atoms with E-state index < -0.39 is 0 Å². The third-order valence-electron chi connectivity index (χ3n) is 6.04. The van der Waals surface area contributed by atoms with E-state index in [9.17, 15) is 9.59 Å². The van der Waals surface area contributed by atoms with Crippen LogP contribution < -0.4 is 20.3 Å². The standard InChI is InChI=1S/C26H29N3O4/c1-16-9-10-17(2)23(11-16)25-21-7-5-6-8-22(21)26(31)29(28-25)15-24(30)27-18-12-19(32-3)14-20(13-18)33-4/h9-14H,5-8,15H2,1-4H3,(H,27,30). The predicted molar refractivity (Wildman–Crippen MR) is 128 cm³/mol. The van der Waals surface area contributed by atoms with Gasteiger partial charge in [-0.15, -0.1) is 0 Å². The number of hydrogen-bond acceptors (Lipinski definition) is 5. The Morgan fingerprint density at radius 3 is 2.33 bits per heavy atom. The van der Waals surface area contributed by atoms with Gasteiger partial charge in [0.05, 0.1) is 19.9 Å². The van der Waals surface area contributed by atoms with Crippen molar-refractivity contribution in [2.24, 2.45) is 0 Å². The van der Waals surface area contributed by atoms with E-state index in [1.807, 2.05) is 13.8 Å². The first-order valence-corrected chi connectivity index (χ1v) is 11.1. The van der Waals surface area contributed by atoms with Crippen LogP contribution in [0.1, 0.15) is 35.1 Å². The molecule has 0 aliphatic heterocycles. The van der Waals surface area contributed by atoms with Crippen LogP contribution in [0.2, 0.25) is 0 Å². The molecule has 7 heteroatoms. The highest BCUT2D eigenvalue weighted by Crippen LogP contribution is 2.31. The number of aromatic nitrogens is 2. The Kier molecular flexibility index (Phi) is 6.49. The van der Waals surface area contributed by atoms with Gasteiger partial charge in [0.2, 0.25) is 5.91 Å². The number of carbonyl (C=O) groups is 1. The van der Waals surface area contributed by atoms with Crippen molar-refractivity contribution in [2.45, 2.75) is 46.1 Å². The molecule has 0 spiro atoms. The second-order valence-electron chi connectivity index (χ2n) is 8.44. The van der Waals surface area contributed by atoms with Gasteiger partial charge in [0.15, 0.2) is 0 Å². The number of benzene rings is 2. The first kappa shape index (κ1) is 22.6. The molecule has 3 aromatic rings. The van der Waals surface area contributed by atoms with Gasteiger partial charge in [0.1, 0.15) is 18.0 Å². The summed E-state index contributed by atoms with van der Waals surface area (Å²) in [5.74, 6) is 0.777. The minimum Gasteiger partial charge on any atom is -0.497 e. The topological polar surface area (TPSA) is 82.5 Å². The Hall–Kier alpha value is -3.61. The van der Waals surface area contributed by atoms with Crippen LogP contribution in [0.3, 0.4) is 0 Å². The highest BCUT2D eigenvalue weighted by Gasteiger charge is 2.23. The summed E-state index contributed by atoms with van der Waals surface area (Å²) in [6.45, 7) is 3.91. The van der Waals surface area contributed by atoms with Crippen LogP contribution in [0, 0.1) is 13.8 Å². The molecule has 1 aromatic heterocycles. The SMILES string of the molecule is COc1cc(NC(=O)Cn2nc(-c3cc(C)ccc3C)c3c(c2=O)CCCC3)cc(OC)c1. The molecule has 0 fully saturated rings. The summed E-state index contributed by atoms with van der Waals surface area (Å²) in [5, 5.41) is 7.53. The second kappa shape index (κ2) is 9.48. The Morgan fingerprint density at radius 2 is 1.67 bits per heavy atom. The molecule has 0 atom stereocenters. The number of methoxy groups -OCH3 is 2. The highest BCUT2D eigenvalue weighted by molar-refractivity contribution is 5.91. The number of fused-ring (bicyclic) bond motifs is 1. The monoisotopic (exact) mass is 447 g/mol. The van der Waals surface area contributed by atoms with E-state index >= 15 is 0 Å². The molecule has 1 aliphatic rings. The smallest absolute Gasteiger partial charge is 0.270 e. The fourth-order valence-corrected chi connectivity index (χ4v) is 4.32. The van der Waals surface area contributed by atoms with E-state index in [4.69, 9.17) is 14.6 Å². The molecule has 4 rings (SSSR count). The van der Waals surface area contributed by atoms with Gasteiger partial charge in [-0.3, -0.25) is 9.59 Å². The van der Waals surface area contributed by atoms with Crippen LogP contribution >= 0.6 is 0 Å². The molecule has 2 aromatic carbocycles. The fraction of sp³-hybridized carbons (Fsp3) is 0.346. The maximum Gasteiger partial charge on any atom is 0.270 e.